The molecule has 0 spiro atoms. The van der Waals surface area contributed by atoms with Gasteiger partial charge in [0.25, 0.3) is 0 Å². The van der Waals surface area contributed by atoms with E-state index in [2.05, 4.69) is 5.32 Å². The molecule has 128 valence electrons. The summed E-state index contributed by atoms with van der Waals surface area (Å²) in [4.78, 5) is 50.0. The predicted octanol–water partition coefficient (Wildman–Crippen LogP) is 0.487. The Bertz CT molecular complexity index is 644. The van der Waals surface area contributed by atoms with E-state index >= 15 is 0 Å². The van der Waals surface area contributed by atoms with Gasteiger partial charge < -0.3 is 10.1 Å². The van der Waals surface area contributed by atoms with Crippen LogP contribution >= 0.6 is 0 Å². The van der Waals surface area contributed by atoms with Gasteiger partial charge in [-0.25, -0.2) is 0 Å². The summed E-state index contributed by atoms with van der Waals surface area (Å²) < 4.78 is 4.85. The van der Waals surface area contributed by atoms with Crippen LogP contribution in [0, 0.1) is 11.8 Å². The molecule has 0 radical (unpaired) electrons. The van der Waals surface area contributed by atoms with Crippen LogP contribution in [0.4, 0.5) is 0 Å². The minimum atomic E-state index is -1.20. The van der Waals surface area contributed by atoms with Crippen LogP contribution in [0.1, 0.15) is 18.9 Å². The third-order valence-electron chi connectivity index (χ3n) is 3.92. The van der Waals surface area contributed by atoms with Gasteiger partial charge in [0.2, 0.25) is 17.7 Å². The fourth-order valence-electron chi connectivity index (χ4n) is 2.77. The number of carbonyl (C=O) groups is 4. The number of ether oxygens (including phenoxy) is 1. The lowest BCUT2D eigenvalue weighted by Crippen LogP contribution is -2.37. The second-order valence-corrected chi connectivity index (χ2v) is 5.46. The van der Waals surface area contributed by atoms with Crippen LogP contribution in [0.25, 0.3) is 0 Å². The van der Waals surface area contributed by atoms with Crippen LogP contribution in [0.5, 0.6) is 0 Å². The maximum atomic E-state index is 12.6. The molecule has 24 heavy (non-hydrogen) atoms. The number of amides is 3. The largest absolute Gasteiger partial charge is 0.466 e. The highest BCUT2D eigenvalue weighted by Crippen LogP contribution is 2.31. The fourth-order valence-corrected chi connectivity index (χ4v) is 2.77. The van der Waals surface area contributed by atoms with E-state index in [-0.39, 0.29) is 19.6 Å². The van der Waals surface area contributed by atoms with E-state index in [0.717, 1.165) is 10.5 Å². The predicted molar refractivity (Wildman–Crippen MR) is 84.3 cm³/mol. The number of likely N-dealkylation sites (tertiary alicyclic amines) is 1. The number of nitrogens with zero attached hydrogens (tertiary/aromatic N) is 1. The number of rotatable bonds is 6. The Morgan fingerprint density at radius 1 is 1.17 bits per heavy atom. The number of hydrogen-bond donors (Lipinski definition) is 1. The van der Waals surface area contributed by atoms with E-state index in [1.165, 1.54) is 7.05 Å². The molecule has 7 heteroatoms. The van der Waals surface area contributed by atoms with Crippen molar-refractivity contribution >= 4 is 23.7 Å². The Labute approximate surface area is 140 Å². The second-order valence-electron chi connectivity index (χ2n) is 5.46. The number of benzene rings is 1. The highest BCUT2D eigenvalue weighted by atomic mass is 16.5. The molecule has 1 aromatic rings. The molecule has 7 nitrogen and oxygen atoms in total. The van der Waals surface area contributed by atoms with E-state index in [1.54, 1.807) is 31.2 Å². The SMILES string of the molecule is CCOC(=O)C[C@@H]1C(=O)N(Cc2ccccc2)C(=O)[C@H]1C(=O)NC. The molecule has 3 amide bonds. The van der Waals surface area contributed by atoms with E-state index in [0.29, 0.717) is 0 Å². The van der Waals surface area contributed by atoms with Gasteiger partial charge in [-0.2, -0.15) is 0 Å². The minimum Gasteiger partial charge on any atom is -0.466 e. The Balaban J connectivity index is 2.24. The first kappa shape index (κ1) is 17.7. The van der Waals surface area contributed by atoms with E-state index in [4.69, 9.17) is 4.74 Å². The number of esters is 1. The third kappa shape index (κ3) is 3.61. The molecular weight excluding hydrogens is 312 g/mol. The molecule has 0 unspecified atom stereocenters. The van der Waals surface area contributed by atoms with E-state index < -0.39 is 35.5 Å². The van der Waals surface area contributed by atoms with Crippen LogP contribution in [-0.2, 0) is 30.5 Å². The van der Waals surface area contributed by atoms with E-state index in [1.807, 2.05) is 6.07 Å². The lowest BCUT2D eigenvalue weighted by Gasteiger charge is -2.14. The van der Waals surface area contributed by atoms with Crippen LogP contribution in [0.2, 0.25) is 0 Å². The zero-order valence-electron chi connectivity index (χ0n) is 13.7. The van der Waals surface area contributed by atoms with Crippen molar-refractivity contribution in [2.45, 2.75) is 19.9 Å². The van der Waals surface area contributed by atoms with Crippen molar-refractivity contribution in [3.05, 3.63) is 35.9 Å². The molecule has 2 rings (SSSR count). The average molecular weight is 332 g/mol. The lowest BCUT2D eigenvalue weighted by atomic mass is 9.91. The standard InChI is InChI=1S/C17H20N2O5/c1-3-24-13(20)9-12-14(15(21)18-2)17(23)19(16(12)22)10-11-7-5-4-6-8-11/h4-8,12,14H,3,9-10H2,1-2H3,(H,18,21)/t12-,14+/m0/s1. The van der Waals surface area contributed by atoms with Crippen LogP contribution in [0.3, 0.4) is 0 Å². The van der Waals surface area contributed by atoms with Crippen molar-refractivity contribution in [1.82, 2.24) is 10.2 Å². The quantitative estimate of drug-likeness (QED) is 0.465. The molecule has 1 saturated heterocycles. The fraction of sp³-hybridized carbons (Fsp3) is 0.412. The highest BCUT2D eigenvalue weighted by molar-refractivity contribution is 6.15. The summed E-state index contributed by atoms with van der Waals surface area (Å²) >= 11 is 0. The molecule has 1 aliphatic heterocycles. The summed E-state index contributed by atoms with van der Waals surface area (Å²) in [5, 5.41) is 2.39. The third-order valence-corrected chi connectivity index (χ3v) is 3.92. The van der Waals surface area contributed by atoms with Gasteiger partial charge in [-0.3, -0.25) is 24.1 Å². The van der Waals surface area contributed by atoms with Crippen molar-refractivity contribution in [3.8, 4) is 0 Å². The van der Waals surface area contributed by atoms with Crippen molar-refractivity contribution in [1.29, 1.82) is 0 Å². The summed E-state index contributed by atoms with van der Waals surface area (Å²) in [5.41, 5.74) is 0.770. The van der Waals surface area contributed by atoms with Gasteiger partial charge in [-0.15, -0.1) is 0 Å². The van der Waals surface area contributed by atoms with Crippen LogP contribution < -0.4 is 5.32 Å². The molecule has 1 N–H and O–H groups in total. The Hall–Kier alpha value is -2.70. The number of hydrogen-bond acceptors (Lipinski definition) is 5. The van der Waals surface area contributed by atoms with Crippen molar-refractivity contribution in [2.24, 2.45) is 11.8 Å². The molecule has 0 bridgehead atoms. The van der Waals surface area contributed by atoms with Crippen molar-refractivity contribution in [3.63, 3.8) is 0 Å². The Morgan fingerprint density at radius 3 is 2.42 bits per heavy atom. The monoisotopic (exact) mass is 332 g/mol. The normalized spacial score (nSPS) is 20.2. The Kier molecular flexibility index (Phi) is 5.68. The van der Waals surface area contributed by atoms with Crippen molar-refractivity contribution < 1.29 is 23.9 Å². The molecular formula is C17H20N2O5. The van der Waals surface area contributed by atoms with Gasteiger partial charge in [0.15, 0.2) is 0 Å². The molecule has 1 aliphatic rings. The maximum Gasteiger partial charge on any atom is 0.306 e. The van der Waals surface area contributed by atoms with Crippen LogP contribution in [-0.4, -0.2) is 42.2 Å². The summed E-state index contributed by atoms with van der Waals surface area (Å²) in [6.07, 6.45) is -0.290. The van der Waals surface area contributed by atoms with Gasteiger partial charge in [0.1, 0.15) is 5.92 Å². The summed E-state index contributed by atoms with van der Waals surface area (Å²) in [6.45, 7) is 1.90. The van der Waals surface area contributed by atoms with Gasteiger partial charge >= 0.3 is 5.97 Å². The average Bonchev–Trinajstić information content (AvgIpc) is 2.80. The first-order valence-electron chi connectivity index (χ1n) is 7.76. The molecule has 1 heterocycles. The zero-order valence-corrected chi connectivity index (χ0v) is 13.7. The Morgan fingerprint density at radius 2 is 1.83 bits per heavy atom. The topological polar surface area (TPSA) is 92.8 Å². The summed E-state index contributed by atoms with van der Waals surface area (Å²) in [5.74, 6) is -4.50. The first-order valence-corrected chi connectivity index (χ1v) is 7.76. The summed E-state index contributed by atoms with van der Waals surface area (Å²) in [6, 6.07) is 9.00. The molecule has 0 aromatic heterocycles. The lowest BCUT2D eigenvalue weighted by molar-refractivity contribution is -0.148. The van der Waals surface area contributed by atoms with Gasteiger partial charge in [-0.1, -0.05) is 30.3 Å². The zero-order chi connectivity index (χ0) is 17.7. The smallest absolute Gasteiger partial charge is 0.306 e. The van der Waals surface area contributed by atoms with Gasteiger partial charge in [0, 0.05) is 7.05 Å². The van der Waals surface area contributed by atoms with Crippen LogP contribution in [0.15, 0.2) is 30.3 Å². The second kappa shape index (κ2) is 7.72. The molecule has 2 atom stereocenters. The molecule has 0 aliphatic carbocycles. The highest BCUT2D eigenvalue weighted by Gasteiger charge is 2.51. The molecule has 1 aromatic carbocycles. The summed E-state index contributed by atoms with van der Waals surface area (Å²) in [7, 11) is 1.39. The number of carbonyl (C=O) groups excluding carboxylic acids is 4. The van der Waals surface area contributed by atoms with Gasteiger partial charge in [-0.05, 0) is 12.5 Å². The first-order chi connectivity index (χ1) is 11.5. The number of nitrogens with one attached hydrogen (secondary N) is 1. The minimum absolute atomic E-state index is 0.0747. The number of imide groups is 1. The van der Waals surface area contributed by atoms with Crippen molar-refractivity contribution in [2.75, 3.05) is 13.7 Å². The molecule has 0 saturated carbocycles. The van der Waals surface area contributed by atoms with Gasteiger partial charge in [0.05, 0.1) is 25.5 Å². The maximum absolute atomic E-state index is 12.6. The molecule has 1 fully saturated rings. The van der Waals surface area contributed by atoms with E-state index in [9.17, 15) is 19.2 Å².